The lowest BCUT2D eigenvalue weighted by atomic mass is 9.94. The quantitative estimate of drug-likeness (QED) is 0.0957. The molecule has 0 saturated carbocycles. The number of nitrogens with zero attached hydrogens (tertiary/aromatic N) is 9. The number of benzene rings is 6. The van der Waals surface area contributed by atoms with Gasteiger partial charge in [-0.2, -0.15) is 0 Å². The second-order valence-corrected chi connectivity index (χ2v) is 24.9. The van der Waals surface area contributed by atoms with E-state index in [2.05, 4.69) is 35.7 Å². The van der Waals surface area contributed by atoms with E-state index in [0.29, 0.717) is 97.7 Å². The highest BCUT2D eigenvalue weighted by Gasteiger charge is 2.29. The minimum Gasteiger partial charge on any atom is -0.312 e. The van der Waals surface area contributed by atoms with Crippen LogP contribution in [0, 0.1) is 3.57 Å². The van der Waals surface area contributed by atoms with Crippen molar-refractivity contribution in [2.24, 2.45) is 0 Å². The molecule has 15 nitrogen and oxygen atoms in total. The molecule has 0 aliphatic carbocycles. The lowest BCUT2D eigenvalue weighted by Gasteiger charge is -2.30. The fourth-order valence-electron chi connectivity index (χ4n) is 11.0. The molecule has 6 aromatic carbocycles. The molecule has 2 aliphatic heterocycles. The molecule has 0 saturated heterocycles. The van der Waals surface area contributed by atoms with E-state index < -0.39 is 0 Å². The first-order valence-electron chi connectivity index (χ1n) is 28.9. The molecule has 0 fully saturated rings. The van der Waals surface area contributed by atoms with Gasteiger partial charge < -0.3 is 14.7 Å². The highest BCUT2D eigenvalue weighted by Crippen LogP contribution is 2.40. The summed E-state index contributed by atoms with van der Waals surface area (Å²) in [7, 11) is 0. The summed E-state index contributed by atoms with van der Waals surface area (Å²) in [6.07, 6.45) is 5.12. The summed E-state index contributed by atoms with van der Waals surface area (Å²) in [5.41, 5.74) is 9.51. The number of carbonyl (C=O) groups excluding carboxylic acids is 3. The third kappa shape index (κ3) is 12.7. The van der Waals surface area contributed by atoms with Crippen LogP contribution in [-0.4, -0.2) is 66.0 Å². The van der Waals surface area contributed by atoms with Crippen LogP contribution in [0.3, 0.4) is 0 Å². The molecule has 19 heteroatoms. The zero-order valence-corrected chi connectivity index (χ0v) is 55.1. The van der Waals surface area contributed by atoms with Crippen LogP contribution in [-0.2, 0) is 14.4 Å². The van der Waals surface area contributed by atoms with Gasteiger partial charge in [-0.05, 0) is 163 Å². The van der Waals surface area contributed by atoms with Crippen molar-refractivity contribution in [2.75, 3.05) is 34.3 Å². The Morgan fingerprint density at radius 3 is 1.36 bits per heavy atom. The lowest BCUT2D eigenvalue weighted by Crippen LogP contribution is -2.33. The van der Waals surface area contributed by atoms with E-state index in [4.69, 9.17) is 49.8 Å². The van der Waals surface area contributed by atoms with Gasteiger partial charge in [0, 0.05) is 84.4 Å². The first-order chi connectivity index (χ1) is 41.8. The lowest BCUT2D eigenvalue weighted by molar-refractivity contribution is -0.117. The van der Waals surface area contributed by atoms with Gasteiger partial charge in [-0.25, -0.2) is 15.0 Å². The maximum absolute atomic E-state index is 13.5. The van der Waals surface area contributed by atoms with Crippen molar-refractivity contribution in [3.8, 4) is 17.1 Å². The van der Waals surface area contributed by atoms with Gasteiger partial charge in [0.15, 0.2) is 0 Å². The van der Waals surface area contributed by atoms with Crippen molar-refractivity contribution in [1.82, 2.24) is 28.7 Å². The van der Waals surface area contributed by atoms with E-state index in [1.165, 1.54) is 6.92 Å². The largest absolute Gasteiger partial charge is 0.312 e. The summed E-state index contributed by atoms with van der Waals surface area (Å²) in [5.74, 6) is 1.91. The molecule has 5 heterocycles. The van der Waals surface area contributed by atoms with Gasteiger partial charge in [-0.3, -0.25) is 42.5 Å². The highest BCUT2D eigenvalue weighted by atomic mass is 127. The number of anilines is 3. The summed E-state index contributed by atoms with van der Waals surface area (Å²) in [4.78, 5) is 96.9. The molecule has 452 valence electrons. The molecule has 0 N–H and O–H groups in total. The number of allylic oxidation sites excluding steroid dienone is 1. The Bertz CT molecular complexity index is 4510. The average Bonchev–Trinajstić information content (AvgIpc) is 1.30. The molecular weight excluding hydrogens is 1280 g/mol. The molecular formula is C69H67Cl3IN9O6. The Labute approximate surface area is 539 Å². The van der Waals surface area contributed by atoms with Crippen molar-refractivity contribution < 1.29 is 14.4 Å². The molecule has 2 aliphatic rings. The Kier molecular flexibility index (Phi) is 19.6. The highest BCUT2D eigenvalue weighted by molar-refractivity contribution is 14.1. The summed E-state index contributed by atoms with van der Waals surface area (Å²) >= 11 is 20.3. The zero-order chi connectivity index (χ0) is 63.7. The number of carbonyl (C=O) groups is 3. The van der Waals surface area contributed by atoms with Gasteiger partial charge in [0.25, 0.3) is 16.7 Å². The van der Waals surface area contributed by atoms with Crippen molar-refractivity contribution >= 4 is 136 Å². The van der Waals surface area contributed by atoms with Crippen molar-refractivity contribution in [2.45, 2.75) is 99.8 Å². The smallest absolute Gasteiger partial charge is 0.266 e. The Balaban J connectivity index is 0.000000157. The van der Waals surface area contributed by atoms with E-state index in [-0.39, 0.29) is 52.2 Å². The first-order valence-corrected chi connectivity index (χ1v) is 31.1. The molecule has 0 unspecified atom stereocenters. The zero-order valence-electron chi connectivity index (χ0n) is 50.7. The van der Waals surface area contributed by atoms with Crippen LogP contribution in [0.25, 0.3) is 60.9 Å². The second kappa shape index (κ2) is 26.7. The SMILES string of the molecule is C=C1CCN(C(C)=O)c2ccc3c(=O)n(-c4ccc(Cl)cc4)c(C(C)C)nc3c21.C=CCCN(C(C)=O)c1ccc2c(=O)n(-c3ccc(Cl)cc3)c(C(C)C)nc2c1I.CC(=O)N1CC=C(C)c2c1ccc1c(=O)n(-c3ccc(Cl)cc3)c(C(C)C)nc21. The minimum atomic E-state index is -0.143. The normalized spacial score (nSPS) is 12.8. The third-order valence-electron chi connectivity index (χ3n) is 15.4. The van der Waals surface area contributed by atoms with Crippen molar-refractivity contribution in [3.63, 3.8) is 0 Å². The Morgan fingerprint density at radius 1 is 0.580 bits per heavy atom. The topological polar surface area (TPSA) is 166 Å². The van der Waals surface area contributed by atoms with Gasteiger partial charge in [0.2, 0.25) is 17.7 Å². The summed E-state index contributed by atoms with van der Waals surface area (Å²) < 4.78 is 5.72. The maximum atomic E-state index is 13.5. The Morgan fingerprint density at radius 2 is 0.966 bits per heavy atom. The standard InChI is InChI=1S/C23H23ClIN3O2.2C23H22ClN3O2/c1-5-6-13-27(15(4)29)19-12-11-18-21(20(19)25)26-22(14(2)3)28(23(18)30)17-9-7-16(24)8-10-17;2*1-13(2)22-25-21-18(23(29)27(22)17-7-5-16(24)6-8-17)9-10-19-20(21)14(3)11-12-26(19)15(4)28/h5,7-12,14H,1,6,13H2,2-4H3;5-11,13H,12H2,1-4H3;5-10,13H,3,11-12H2,1-2,4H3. The van der Waals surface area contributed by atoms with Crippen LogP contribution >= 0.6 is 57.4 Å². The predicted octanol–water partition coefficient (Wildman–Crippen LogP) is 15.6. The van der Waals surface area contributed by atoms with E-state index >= 15 is 0 Å². The summed E-state index contributed by atoms with van der Waals surface area (Å²) in [6, 6.07) is 32.3. The van der Waals surface area contributed by atoms with E-state index in [0.717, 1.165) is 60.0 Å². The fourth-order valence-corrected chi connectivity index (χ4v) is 12.3. The van der Waals surface area contributed by atoms with Crippen LogP contribution in [0.15, 0.2) is 149 Å². The molecule has 88 heavy (non-hydrogen) atoms. The monoisotopic (exact) mass is 1350 g/mol. The number of aromatic nitrogens is 6. The summed E-state index contributed by atoms with van der Waals surface area (Å²) in [5, 5.41) is 3.37. The van der Waals surface area contributed by atoms with Gasteiger partial charge in [-0.1, -0.05) is 95.1 Å². The minimum absolute atomic E-state index is 0.0133. The number of hydrogen-bond donors (Lipinski definition) is 0. The number of rotatable bonds is 10. The maximum Gasteiger partial charge on any atom is 0.266 e. The first kappa shape index (κ1) is 64.4. The molecule has 0 bridgehead atoms. The molecule has 3 amide bonds. The van der Waals surface area contributed by atoms with Crippen molar-refractivity contribution in [3.05, 3.63) is 213 Å². The molecule has 11 rings (SSSR count). The molecule has 3 aromatic heterocycles. The van der Waals surface area contributed by atoms with Crippen molar-refractivity contribution in [1.29, 1.82) is 0 Å². The van der Waals surface area contributed by atoms with E-state index in [1.54, 1.807) is 103 Å². The molecule has 0 atom stereocenters. The van der Waals surface area contributed by atoms with Crippen LogP contribution in [0.5, 0.6) is 0 Å². The number of hydrogen-bond acceptors (Lipinski definition) is 9. The predicted molar refractivity (Wildman–Crippen MR) is 368 cm³/mol. The van der Waals surface area contributed by atoms with Crippen LogP contribution in [0.1, 0.15) is 128 Å². The van der Waals surface area contributed by atoms with Crippen LogP contribution < -0.4 is 31.4 Å². The van der Waals surface area contributed by atoms with E-state index in [9.17, 15) is 28.8 Å². The average molecular weight is 1350 g/mol. The van der Waals surface area contributed by atoms with Crippen LogP contribution in [0.2, 0.25) is 15.1 Å². The van der Waals surface area contributed by atoms with Gasteiger partial charge in [0.05, 0.1) is 70.4 Å². The molecule has 9 aromatic rings. The third-order valence-corrected chi connectivity index (χ3v) is 17.2. The second-order valence-electron chi connectivity index (χ2n) is 22.5. The fraction of sp³-hybridized carbons (Fsp3) is 0.261. The molecule has 0 radical (unpaired) electrons. The van der Waals surface area contributed by atoms with Gasteiger partial charge in [0.1, 0.15) is 17.5 Å². The van der Waals surface area contributed by atoms with Crippen LogP contribution in [0.4, 0.5) is 17.1 Å². The number of amides is 3. The number of fused-ring (bicyclic) bond motifs is 7. The summed E-state index contributed by atoms with van der Waals surface area (Å²) in [6.45, 7) is 28.3. The van der Waals surface area contributed by atoms with E-state index in [1.807, 2.05) is 109 Å². The van der Waals surface area contributed by atoms with Gasteiger partial charge >= 0.3 is 0 Å². The number of halogens is 4. The Hall–Kier alpha value is -8.03. The van der Waals surface area contributed by atoms with Gasteiger partial charge in [-0.15, -0.1) is 6.58 Å². The molecule has 0 spiro atoms.